The van der Waals surface area contributed by atoms with Crippen molar-refractivity contribution in [2.24, 2.45) is 0 Å². The Morgan fingerprint density at radius 2 is 1.07 bits per heavy atom. The number of aliphatic hydroxyl groups is 2. The highest BCUT2D eigenvalue weighted by Crippen LogP contribution is 2.21. The van der Waals surface area contributed by atoms with Crippen LogP contribution in [0.4, 0.5) is 0 Å². The van der Waals surface area contributed by atoms with Crippen LogP contribution < -0.4 is 0 Å². The van der Waals surface area contributed by atoms with E-state index in [0.29, 0.717) is 26.1 Å². The van der Waals surface area contributed by atoms with Gasteiger partial charge in [-0.25, -0.2) is 4.79 Å². The van der Waals surface area contributed by atoms with Crippen LogP contribution in [0.25, 0.3) is 0 Å². The maximum absolute atomic E-state index is 12.3. The largest absolute Gasteiger partial charge is 0.508 e. The highest BCUT2D eigenvalue weighted by Gasteiger charge is 2.17. The third-order valence-electron chi connectivity index (χ3n) is 7.71. The van der Waals surface area contributed by atoms with Crippen molar-refractivity contribution in [3.05, 3.63) is 23.8 Å². The van der Waals surface area contributed by atoms with E-state index in [-0.39, 0.29) is 23.7 Å². The van der Waals surface area contributed by atoms with E-state index in [4.69, 9.17) is 4.74 Å². The first kappa shape index (κ1) is 37.2. The van der Waals surface area contributed by atoms with Crippen molar-refractivity contribution in [1.82, 2.24) is 4.90 Å². The van der Waals surface area contributed by atoms with E-state index < -0.39 is 18.2 Å². The number of hydrogen-bond donors (Lipinski definition) is 4. The number of esters is 1. The Bertz CT molecular complexity index is 725. The summed E-state index contributed by atoms with van der Waals surface area (Å²) < 4.78 is 5.34. The third-order valence-corrected chi connectivity index (χ3v) is 7.71. The second-order valence-electron chi connectivity index (χ2n) is 11.8. The van der Waals surface area contributed by atoms with Crippen LogP contribution in [0.15, 0.2) is 18.2 Å². The molecule has 0 radical (unpaired) electrons. The highest BCUT2D eigenvalue weighted by atomic mass is 16.5. The van der Waals surface area contributed by atoms with Gasteiger partial charge in [0.1, 0.15) is 11.5 Å². The van der Waals surface area contributed by atoms with Gasteiger partial charge in [0, 0.05) is 25.7 Å². The number of aliphatic hydroxyl groups excluding tert-OH is 2. The van der Waals surface area contributed by atoms with E-state index in [1.165, 1.54) is 89.2 Å². The summed E-state index contributed by atoms with van der Waals surface area (Å²) in [6.07, 6.45) is 20.9. The predicted octanol–water partition coefficient (Wildman–Crippen LogP) is 7.73. The van der Waals surface area contributed by atoms with Crippen LogP contribution in [0.3, 0.4) is 0 Å². The molecule has 0 aromatic heterocycles. The van der Waals surface area contributed by atoms with Gasteiger partial charge in [-0.05, 0) is 31.4 Å². The van der Waals surface area contributed by atoms with E-state index in [9.17, 15) is 25.2 Å². The Kier molecular flexibility index (Phi) is 22.4. The molecule has 0 saturated heterocycles. The van der Waals surface area contributed by atoms with Crippen molar-refractivity contribution < 1.29 is 30.0 Å². The van der Waals surface area contributed by atoms with E-state index in [2.05, 4.69) is 18.7 Å². The average molecular weight is 580 g/mol. The highest BCUT2D eigenvalue weighted by molar-refractivity contribution is 5.90. The quantitative estimate of drug-likeness (QED) is 0.0623. The Balaban J connectivity index is 2.43. The first-order valence-corrected chi connectivity index (χ1v) is 16.6. The van der Waals surface area contributed by atoms with Crippen molar-refractivity contribution in [2.45, 2.75) is 148 Å². The Labute approximate surface area is 250 Å². The zero-order chi connectivity index (χ0) is 30.1. The maximum Gasteiger partial charge on any atom is 0.338 e. The summed E-state index contributed by atoms with van der Waals surface area (Å²) in [4.78, 5) is 14.4. The lowest BCUT2D eigenvalue weighted by atomic mass is 10.0. The van der Waals surface area contributed by atoms with Crippen LogP contribution in [0.5, 0.6) is 11.5 Å². The number of carbonyl (C=O) groups excluding carboxylic acids is 1. The summed E-state index contributed by atoms with van der Waals surface area (Å²) in [7, 11) is 0. The van der Waals surface area contributed by atoms with Gasteiger partial charge in [-0.15, -0.1) is 0 Å². The summed E-state index contributed by atoms with van der Waals surface area (Å²) in [5.74, 6) is -0.995. The van der Waals surface area contributed by atoms with Crippen LogP contribution in [-0.2, 0) is 4.74 Å². The predicted molar refractivity (Wildman–Crippen MR) is 168 cm³/mol. The van der Waals surface area contributed by atoms with Crippen LogP contribution in [-0.4, -0.2) is 69.7 Å². The summed E-state index contributed by atoms with van der Waals surface area (Å²) in [5.41, 5.74) is 0.0981. The molecular formula is C34H61NO6. The fraction of sp³-hybridized carbons (Fsp3) is 0.794. The second kappa shape index (κ2) is 24.7. The van der Waals surface area contributed by atoms with Crippen molar-refractivity contribution in [2.75, 3.05) is 26.2 Å². The maximum atomic E-state index is 12.3. The van der Waals surface area contributed by atoms with Gasteiger partial charge in [0.25, 0.3) is 0 Å². The van der Waals surface area contributed by atoms with Crippen LogP contribution in [0.1, 0.15) is 146 Å². The van der Waals surface area contributed by atoms with Gasteiger partial charge >= 0.3 is 5.97 Å². The summed E-state index contributed by atoms with van der Waals surface area (Å²) >= 11 is 0. The molecular weight excluding hydrogens is 518 g/mol. The van der Waals surface area contributed by atoms with Crippen LogP contribution in [0, 0.1) is 0 Å². The first-order chi connectivity index (χ1) is 19.8. The van der Waals surface area contributed by atoms with E-state index in [1.807, 2.05) is 0 Å². The van der Waals surface area contributed by atoms with E-state index in [1.54, 1.807) is 0 Å². The second-order valence-corrected chi connectivity index (χ2v) is 11.8. The number of aromatic hydroxyl groups is 2. The minimum Gasteiger partial charge on any atom is -0.508 e. The molecule has 0 aliphatic rings. The lowest BCUT2D eigenvalue weighted by Gasteiger charge is -2.27. The molecule has 4 N–H and O–H groups in total. The number of nitrogens with zero attached hydrogens (tertiary/aromatic N) is 1. The molecule has 7 nitrogen and oxygen atoms in total. The molecule has 0 aliphatic carbocycles. The fourth-order valence-electron chi connectivity index (χ4n) is 5.31. The molecule has 1 rings (SSSR count). The van der Waals surface area contributed by atoms with Crippen molar-refractivity contribution >= 4 is 5.97 Å². The number of phenolic OH excluding ortho intramolecular Hbond substituents is 2. The number of phenols is 2. The lowest BCUT2D eigenvalue weighted by molar-refractivity contribution is 0.0412. The zero-order valence-electron chi connectivity index (χ0n) is 26.2. The van der Waals surface area contributed by atoms with Crippen LogP contribution >= 0.6 is 0 Å². The Hall–Kier alpha value is -1.83. The van der Waals surface area contributed by atoms with Gasteiger partial charge in [-0.3, -0.25) is 4.90 Å². The molecule has 238 valence electrons. The molecule has 1 aromatic rings. The molecule has 2 unspecified atom stereocenters. The van der Waals surface area contributed by atoms with Gasteiger partial charge in [0.15, 0.2) is 0 Å². The monoisotopic (exact) mass is 579 g/mol. The SMILES string of the molecule is CCCCCCCCCCC(O)CN(CCCOC(=O)c1cc(O)cc(O)c1)CC(O)CCCCCCCCCC. The van der Waals surface area contributed by atoms with Crippen LogP contribution in [0.2, 0.25) is 0 Å². The molecule has 41 heavy (non-hydrogen) atoms. The fourth-order valence-corrected chi connectivity index (χ4v) is 5.31. The van der Waals surface area contributed by atoms with Gasteiger partial charge < -0.3 is 25.2 Å². The number of hydrogen-bond acceptors (Lipinski definition) is 7. The average Bonchev–Trinajstić information content (AvgIpc) is 2.93. The zero-order valence-corrected chi connectivity index (χ0v) is 26.2. The minimum atomic E-state index is -0.604. The summed E-state index contributed by atoms with van der Waals surface area (Å²) in [6.45, 7) is 6.24. The van der Waals surface area contributed by atoms with E-state index >= 15 is 0 Å². The molecule has 0 spiro atoms. The third kappa shape index (κ3) is 20.7. The molecule has 1 aromatic carbocycles. The molecule has 0 saturated carbocycles. The Morgan fingerprint density at radius 1 is 0.659 bits per heavy atom. The lowest BCUT2D eigenvalue weighted by Crippen LogP contribution is -2.39. The molecule has 0 heterocycles. The standard InChI is InChI=1S/C34H61NO6/c1-3-5-7-9-11-13-15-17-20-30(36)27-35(28-31(37)21-18-16-14-12-10-8-6-4-2)22-19-23-41-34(40)29-24-32(38)26-33(39)25-29/h24-26,30-31,36-39H,3-23,27-28H2,1-2H3. The van der Waals surface area contributed by atoms with Crippen molar-refractivity contribution in [1.29, 1.82) is 0 Å². The summed E-state index contributed by atoms with van der Waals surface area (Å²) in [5, 5.41) is 40.7. The van der Waals surface area contributed by atoms with Gasteiger partial charge in [-0.2, -0.15) is 0 Å². The topological polar surface area (TPSA) is 110 Å². The number of unbranched alkanes of at least 4 members (excludes halogenated alkanes) is 14. The van der Waals surface area contributed by atoms with Crippen molar-refractivity contribution in [3.8, 4) is 11.5 Å². The molecule has 0 aliphatic heterocycles. The van der Waals surface area contributed by atoms with Gasteiger partial charge in [0.05, 0.1) is 24.4 Å². The minimum absolute atomic E-state index is 0.0981. The number of benzene rings is 1. The number of rotatable bonds is 27. The smallest absolute Gasteiger partial charge is 0.338 e. The van der Waals surface area contributed by atoms with Gasteiger partial charge in [0.2, 0.25) is 0 Å². The van der Waals surface area contributed by atoms with Gasteiger partial charge in [-0.1, -0.05) is 117 Å². The number of ether oxygens (including phenoxy) is 1. The molecule has 7 heteroatoms. The Morgan fingerprint density at radius 3 is 1.51 bits per heavy atom. The molecule has 2 atom stereocenters. The molecule has 0 fully saturated rings. The summed E-state index contributed by atoms with van der Waals surface area (Å²) in [6, 6.07) is 3.68. The van der Waals surface area contributed by atoms with Crippen molar-refractivity contribution in [3.63, 3.8) is 0 Å². The normalized spacial score (nSPS) is 13.0. The molecule has 0 bridgehead atoms. The molecule has 0 amide bonds. The van der Waals surface area contributed by atoms with E-state index in [0.717, 1.165) is 44.6 Å². The number of carbonyl (C=O) groups is 1. The first-order valence-electron chi connectivity index (χ1n) is 16.6.